The molecule has 132 valence electrons. The third-order valence-corrected chi connectivity index (χ3v) is 4.88. The average Bonchev–Trinajstić information content (AvgIpc) is 2.62. The largest absolute Gasteiger partial charge is 0.496 e. The van der Waals surface area contributed by atoms with Crippen LogP contribution in [0, 0.1) is 0 Å². The Balaban J connectivity index is 1.33. The second-order valence-corrected chi connectivity index (χ2v) is 6.76. The fourth-order valence-corrected chi connectivity index (χ4v) is 3.78. The van der Waals surface area contributed by atoms with E-state index in [9.17, 15) is 0 Å². The van der Waals surface area contributed by atoms with Gasteiger partial charge in [-0.25, -0.2) is 4.98 Å². The number of methoxy groups -OCH3 is 1. The molecule has 6 nitrogen and oxygen atoms in total. The van der Waals surface area contributed by atoms with Crippen molar-refractivity contribution in [3.8, 4) is 11.6 Å². The van der Waals surface area contributed by atoms with E-state index in [2.05, 4.69) is 27.0 Å². The van der Waals surface area contributed by atoms with Crippen molar-refractivity contribution >= 4 is 0 Å². The highest BCUT2D eigenvalue weighted by Gasteiger charge is 2.48. The quantitative estimate of drug-likeness (QED) is 0.832. The van der Waals surface area contributed by atoms with Gasteiger partial charge in [-0.3, -0.25) is 9.88 Å². The maximum Gasteiger partial charge on any atom is 0.232 e. The Bertz CT molecular complexity index is 704. The first-order valence-corrected chi connectivity index (χ1v) is 8.67. The molecule has 0 amide bonds. The lowest BCUT2D eigenvalue weighted by Gasteiger charge is -2.53. The van der Waals surface area contributed by atoms with Gasteiger partial charge in [-0.15, -0.1) is 0 Å². The van der Waals surface area contributed by atoms with Crippen LogP contribution in [-0.4, -0.2) is 53.4 Å². The summed E-state index contributed by atoms with van der Waals surface area (Å²) in [6.45, 7) is 3.45. The molecular weight excluding hydrogens is 318 g/mol. The minimum atomic E-state index is -0.0901. The molecule has 1 aromatic heterocycles. The van der Waals surface area contributed by atoms with E-state index < -0.39 is 0 Å². The number of benzene rings is 1. The molecular formula is C19H23N3O3. The predicted molar refractivity (Wildman–Crippen MR) is 92.6 cm³/mol. The molecule has 4 rings (SSSR count). The smallest absolute Gasteiger partial charge is 0.232 e. The third kappa shape index (κ3) is 3.60. The standard InChI is InChI=1S/C19H23N3O3/c1-23-17-5-3-2-4-15(17)12-22-13-19(14-22)10-16(6-9-24-19)25-18-11-20-7-8-21-18/h2-5,7-8,11,16H,6,9-10,12-14H2,1H3/t16-/m1/s1. The molecule has 6 heteroatoms. The fourth-order valence-electron chi connectivity index (χ4n) is 3.78. The van der Waals surface area contributed by atoms with E-state index in [-0.39, 0.29) is 11.7 Å². The van der Waals surface area contributed by atoms with Gasteiger partial charge in [0.25, 0.3) is 0 Å². The zero-order valence-electron chi connectivity index (χ0n) is 14.4. The summed E-state index contributed by atoms with van der Waals surface area (Å²) in [5.74, 6) is 1.53. The predicted octanol–water partition coefficient (Wildman–Crippen LogP) is 2.30. The van der Waals surface area contributed by atoms with E-state index >= 15 is 0 Å². The number of hydrogen-bond donors (Lipinski definition) is 0. The minimum absolute atomic E-state index is 0.0901. The van der Waals surface area contributed by atoms with Crippen molar-refractivity contribution in [2.45, 2.75) is 31.1 Å². The van der Waals surface area contributed by atoms with Gasteiger partial charge < -0.3 is 14.2 Å². The third-order valence-electron chi connectivity index (χ3n) is 4.88. The van der Waals surface area contributed by atoms with Crippen LogP contribution < -0.4 is 9.47 Å². The van der Waals surface area contributed by atoms with E-state index in [0.29, 0.717) is 5.88 Å². The van der Waals surface area contributed by atoms with Crippen LogP contribution in [0.1, 0.15) is 18.4 Å². The molecule has 1 spiro atoms. The van der Waals surface area contributed by atoms with Gasteiger partial charge in [0.2, 0.25) is 5.88 Å². The van der Waals surface area contributed by atoms with Crippen LogP contribution in [0.25, 0.3) is 0 Å². The van der Waals surface area contributed by atoms with Crippen molar-refractivity contribution in [3.05, 3.63) is 48.4 Å². The highest BCUT2D eigenvalue weighted by atomic mass is 16.5. The summed E-state index contributed by atoms with van der Waals surface area (Å²) < 4.78 is 17.5. The van der Waals surface area contributed by atoms with E-state index in [1.807, 2.05) is 12.1 Å². The van der Waals surface area contributed by atoms with Crippen LogP contribution in [0.15, 0.2) is 42.9 Å². The fraction of sp³-hybridized carbons (Fsp3) is 0.474. The summed E-state index contributed by atoms with van der Waals surface area (Å²) in [6, 6.07) is 8.17. The summed E-state index contributed by atoms with van der Waals surface area (Å²) in [5.41, 5.74) is 1.12. The van der Waals surface area contributed by atoms with Gasteiger partial charge in [0.05, 0.1) is 25.5 Å². The first-order valence-electron chi connectivity index (χ1n) is 8.67. The highest BCUT2D eigenvalue weighted by Crippen LogP contribution is 2.36. The Hall–Kier alpha value is -2.18. The molecule has 0 saturated carbocycles. The molecule has 3 heterocycles. The van der Waals surface area contributed by atoms with Gasteiger partial charge in [-0.2, -0.15) is 0 Å². The van der Waals surface area contributed by atoms with E-state index in [0.717, 1.165) is 44.8 Å². The zero-order chi connectivity index (χ0) is 17.1. The molecule has 0 aliphatic carbocycles. The Kier molecular flexibility index (Phi) is 4.55. The number of para-hydroxylation sites is 1. The number of likely N-dealkylation sites (tertiary alicyclic amines) is 1. The monoisotopic (exact) mass is 341 g/mol. The van der Waals surface area contributed by atoms with Crippen LogP contribution in [0.4, 0.5) is 0 Å². The summed E-state index contributed by atoms with van der Waals surface area (Å²) in [4.78, 5) is 10.7. The lowest BCUT2D eigenvalue weighted by molar-refractivity contribution is -0.188. The Morgan fingerprint density at radius 3 is 2.96 bits per heavy atom. The zero-order valence-corrected chi connectivity index (χ0v) is 14.4. The highest BCUT2D eigenvalue weighted by molar-refractivity contribution is 5.33. The van der Waals surface area contributed by atoms with Crippen molar-refractivity contribution in [1.82, 2.24) is 14.9 Å². The molecule has 2 fully saturated rings. The molecule has 25 heavy (non-hydrogen) atoms. The van der Waals surface area contributed by atoms with Crippen molar-refractivity contribution in [2.24, 2.45) is 0 Å². The van der Waals surface area contributed by atoms with Crippen LogP contribution in [0.2, 0.25) is 0 Å². The van der Waals surface area contributed by atoms with Gasteiger partial charge >= 0.3 is 0 Å². The van der Waals surface area contributed by atoms with Crippen molar-refractivity contribution in [2.75, 3.05) is 26.8 Å². The molecule has 2 aliphatic rings. The minimum Gasteiger partial charge on any atom is -0.496 e. The van der Waals surface area contributed by atoms with E-state index in [4.69, 9.17) is 14.2 Å². The van der Waals surface area contributed by atoms with Gasteiger partial charge in [-0.1, -0.05) is 18.2 Å². The van der Waals surface area contributed by atoms with E-state index in [1.54, 1.807) is 25.7 Å². The molecule has 2 aromatic rings. The molecule has 0 N–H and O–H groups in total. The molecule has 0 radical (unpaired) electrons. The lowest BCUT2D eigenvalue weighted by Crippen LogP contribution is -2.65. The summed E-state index contributed by atoms with van der Waals surface area (Å²) in [5, 5.41) is 0. The molecule has 1 atom stereocenters. The van der Waals surface area contributed by atoms with E-state index in [1.165, 1.54) is 5.56 Å². The number of nitrogens with zero attached hydrogens (tertiary/aromatic N) is 3. The van der Waals surface area contributed by atoms with Gasteiger partial charge in [0.1, 0.15) is 11.9 Å². The average molecular weight is 341 g/mol. The normalized spacial score (nSPS) is 22.4. The summed E-state index contributed by atoms with van der Waals surface area (Å²) in [6.07, 6.45) is 6.90. The first-order chi connectivity index (χ1) is 12.3. The van der Waals surface area contributed by atoms with Crippen LogP contribution in [-0.2, 0) is 11.3 Å². The van der Waals surface area contributed by atoms with Crippen LogP contribution in [0.3, 0.4) is 0 Å². The molecule has 0 bridgehead atoms. The Morgan fingerprint density at radius 2 is 2.16 bits per heavy atom. The topological polar surface area (TPSA) is 56.7 Å². The Labute approximate surface area is 147 Å². The van der Waals surface area contributed by atoms with Gasteiger partial charge in [-0.05, 0) is 6.07 Å². The van der Waals surface area contributed by atoms with Crippen molar-refractivity contribution in [3.63, 3.8) is 0 Å². The molecule has 1 aromatic carbocycles. The first kappa shape index (κ1) is 16.3. The maximum atomic E-state index is 6.10. The van der Waals surface area contributed by atoms with Crippen molar-refractivity contribution < 1.29 is 14.2 Å². The van der Waals surface area contributed by atoms with Crippen LogP contribution in [0.5, 0.6) is 11.6 Å². The Morgan fingerprint density at radius 1 is 1.28 bits per heavy atom. The van der Waals surface area contributed by atoms with Crippen LogP contribution >= 0.6 is 0 Å². The number of rotatable bonds is 5. The second-order valence-electron chi connectivity index (χ2n) is 6.76. The van der Waals surface area contributed by atoms with Gasteiger partial charge in [0.15, 0.2) is 0 Å². The number of ether oxygens (including phenoxy) is 3. The second kappa shape index (κ2) is 6.98. The summed E-state index contributed by atoms with van der Waals surface area (Å²) >= 11 is 0. The van der Waals surface area contributed by atoms with Gasteiger partial charge in [0, 0.05) is 50.4 Å². The van der Waals surface area contributed by atoms with Crippen molar-refractivity contribution in [1.29, 1.82) is 0 Å². The maximum absolute atomic E-state index is 6.10. The molecule has 2 saturated heterocycles. The number of hydrogen-bond acceptors (Lipinski definition) is 6. The summed E-state index contributed by atoms with van der Waals surface area (Å²) in [7, 11) is 1.72. The molecule has 0 unspecified atom stereocenters. The lowest BCUT2D eigenvalue weighted by atomic mass is 9.84. The molecule has 2 aliphatic heterocycles. The SMILES string of the molecule is COc1ccccc1CN1CC2(C[C@H](Oc3cnccn3)CCO2)C1. The number of aromatic nitrogens is 2.